The normalized spacial score (nSPS) is 14.2. The second-order valence-corrected chi connectivity index (χ2v) is 6.72. The summed E-state index contributed by atoms with van der Waals surface area (Å²) in [6, 6.07) is 28.7. The molecular formula is C24H16O2. The fourth-order valence-electron chi connectivity index (χ4n) is 3.83. The Hall–Kier alpha value is -3.39. The van der Waals surface area contributed by atoms with Gasteiger partial charge in [0, 0.05) is 0 Å². The fourth-order valence-corrected chi connectivity index (χ4v) is 3.83. The minimum Gasteiger partial charge on any atom is -0.481 e. The van der Waals surface area contributed by atoms with Gasteiger partial charge in [-0.2, -0.15) is 0 Å². The molecule has 1 aliphatic carbocycles. The molecule has 0 saturated carbocycles. The molecule has 1 aliphatic rings. The second kappa shape index (κ2) is 5.57. The van der Waals surface area contributed by atoms with Crippen molar-refractivity contribution in [1.82, 2.24) is 0 Å². The van der Waals surface area contributed by atoms with Gasteiger partial charge in [0.15, 0.2) is 0 Å². The molecule has 4 aromatic carbocycles. The zero-order chi connectivity index (χ0) is 17.7. The zero-order valence-corrected chi connectivity index (χ0v) is 14.0. The molecule has 1 N–H and O–H groups in total. The van der Waals surface area contributed by atoms with Crippen molar-refractivity contribution >= 4 is 38.7 Å². The molecule has 0 fully saturated rings. The molecule has 2 heteroatoms. The smallest absolute Gasteiger partial charge is 0.315 e. The third-order valence-electron chi connectivity index (χ3n) is 5.15. The van der Waals surface area contributed by atoms with Crippen LogP contribution in [0, 0.1) is 5.92 Å². The van der Waals surface area contributed by atoms with Crippen LogP contribution in [0.1, 0.15) is 11.1 Å². The lowest BCUT2D eigenvalue weighted by molar-refractivity contribution is -0.137. The number of hydrogen-bond donors (Lipinski definition) is 1. The van der Waals surface area contributed by atoms with Crippen molar-refractivity contribution in [3.8, 4) is 0 Å². The summed E-state index contributed by atoms with van der Waals surface area (Å²) in [7, 11) is 0. The zero-order valence-electron chi connectivity index (χ0n) is 14.0. The first-order valence-corrected chi connectivity index (χ1v) is 8.67. The van der Waals surface area contributed by atoms with Gasteiger partial charge in [-0.25, -0.2) is 0 Å². The van der Waals surface area contributed by atoms with Crippen molar-refractivity contribution in [2.75, 3.05) is 0 Å². The Morgan fingerprint density at radius 3 is 1.46 bits per heavy atom. The van der Waals surface area contributed by atoms with Crippen molar-refractivity contribution < 1.29 is 9.90 Å². The first-order valence-electron chi connectivity index (χ1n) is 8.67. The number of fused-ring (bicyclic) bond motifs is 2. The molecule has 0 radical (unpaired) electrons. The molecule has 0 heterocycles. The molecule has 0 bridgehead atoms. The van der Waals surface area contributed by atoms with Crippen LogP contribution in [0.2, 0.25) is 0 Å². The van der Waals surface area contributed by atoms with E-state index in [0.29, 0.717) is 0 Å². The molecular weight excluding hydrogens is 320 g/mol. The highest BCUT2D eigenvalue weighted by molar-refractivity contribution is 6.22. The van der Waals surface area contributed by atoms with Crippen LogP contribution in [0.25, 0.3) is 32.7 Å². The fraction of sp³-hybridized carbons (Fsp3) is 0.0417. The molecule has 26 heavy (non-hydrogen) atoms. The van der Waals surface area contributed by atoms with Crippen molar-refractivity contribution in [3.63, 3.8) is 0 Å². The van der Waals surface area contributed by atoms with E-state index in [2.05, 4.69) is 48.5 Å². The van der Waals surface area contributed by atoms with E-state index in [9.17, 15) is 9.90 Å². The van der Waals surface area contributed by atoms with E-state index in [0.717, 1.165) is 43.8 Å². The summed E-state index contributed by atoms with van der Waals surface area (Å²) in [5.41, 5.74) is 3.86. The highest BCUT2D eigenvalue weighted by atomic mass is 16.4. The number of carboxylic acids is 1. The van der Waals surface area contributed by atoms with E-state index in [4.69, 9.17) is 0 Å². The molecule has 0 spiro atoms. The highest BCUT2D eigenvalue weighted by Crippen LogP contribution is 2.53. The van der Waals surface area contributed by atoms with Crippen LogP contribution in [0.15, 0.2) is 84.9 Å². The average Bonchev–Trinajstić information content (AvgIpc) is 3.43. The van der Waals surface area contributed by atoms with Crippen LogP contribution in [0.5, 0.6) is 0 Å². The molecule has 0 aromatic heterocycles. The van der Waals surface area contributed by atoms with Gasteiger partial charge in [-0.05, 0) is 56.0 Å². The Morgan fingerprint density at radius 1 is 0.615 bits per heavy atom. The molecule has 124 valence electrons. The Bertz CT molecular complexity index is 1130. The highest BCUT2D eigenvalue weighted by Gasteiger charge is 2.44. The minimum atomic E-state index is -0.781. The van der Waals surface area contributed by atoms with Crippen LogP contribution in [-0.4, -0.2) is 11.1 Å². The minimum absolute atomic E-state index is 0.516. The average molecular weight is 336 g/mol. The lowest BCUT2D eigenvalue weighted by Gasteiger charge is -2.00. The van der Waals surface area contributed by atoms with Crippen LogP contribution >= 0.6 is 0 Å². The Labute approximate surface area is 151 Å². The van der Waals surface area contributed by atoms with E-state index >= 15 is 0 Å². The summed E-state index contributed by atoms with van der Waals surface area (Å²) in [4.78, 5) is 11.8. The number of benzene rings is 4. The second-order valence-electron chi connectivity index (χ2n) is 6.72. The van der Waals surface area contributed by atoms with Gasteiger partial charge in [-0.1, -0.05) is 72.8 Å². The van der Waals surface area contributed by atoms with E-state index in [1.807, 2.05) is 36.4 Å². The third kappa shape index (κ3) is 2.31. The van der Waals surface area contributed by atoms with Gasteiger partial charge in [0.05, 0.1) is 0 Å². The lowest BCUT2D eigenvalue weighted by Crippen LogP contribution is -2.01. The lowest BCUT2D eigenvalue weighted by atomic mass is 10.0. The number of hydrogen-bond acceptors (Lipinski definition) is 1. The molecule has 0 saturated heterocycles. The van der Waals surface area contributed by atoms with Crippen LogP contribution in [0.3, 0.4) is 0 Å². The molecule has 5 rings (SSSR count). The predicted molar refractivity (Wildman–Crippen MR) is 106 cm³/mol. The summed E-state index contributed by atoms with van der Waals surface area (Å²) in [5, 5.41) is 14.3. The molecule has 0 aliphatic heterocycles. The molecule has 4 aromatic rings. The SMILES string of the molecule is O=C(O)C1C(c2ccc3ccccc3c2)=C1c1ccc2ccccc2c1. The Balaban J connectivity index is 1.66. The quantitative estimate of drug-likeness (QED) is 0.527. The van der Waals surface area contributed by atoms with E-state index < -0.39 is 11.9 Å². The van der Waals surface area contributed by atoms with Gasteiger partial charge in [0.2, 0.25) is 0 Å². The number of carbonyl (C=O) groups is 1. The monoisotopic (exact) mass is 336 g/mol. The largest absolute Gasteiger partial charge is 0.481 e. The summed E-state index contributed by atoms with van der Waals surface area (Å²) in [6.07, 6.45) is 0. The maximum Gasteiger partial charge on any atom is 0.315 e. The van der Waals surface area contributed by atoms with Gasteiger partial charge < -0.3 is 5.11 Å². The number of carboxylic acid groups (broad SMARTS) is 1. The van der Waals surface area contributed by atoms with Crippen LogP contribution < -0.4 is 0 Å². The van der Waals surface area contributed by atoms with E-state index in [1.165, 1.54) is 0 Å². The van der Waals surface area contributed by atoms with Gasteiger partial charge in [-0.3, -0.25) is 4.79 Å². The summed E-state index contributed by atoms with van der Waals surface area (Å²) >= 11 is 0. The predicted octanol–water partition coefficient (Wildman–Crippen LogP) is 5.62. The maximum atomic E-state index is 11.8. The summed E-state index contributed by atoms with van der Waals surface area (Å²) in [6.45, 7) is 0. The van der Waals surface area contributed by atoms with E-state index in [-0.39, 0.29) is 0 Å². The van der Waals surface area contributed by atoms with Crippen molar-refractivity contribution in [2.24, 2.45) is 5.92 Å². The summed E-state index contributed by atoms with van der Waals surface area (Å²) < 4.78 is 0. The standard InChI is InChI=1S/C24H16O2/c25-24(26)23-21(19-11-9-15-5-1-3-7-17(15)13-19)22(23)20-12-10-16-6-2-4-8-18(16)14-20/h1-14,23H,(H,25,26). The van der Waals surface area contributed by atoms with Crippen LogP contribution in [-0.2, 0) is 4.79 Å². The van der Waals surface area contributed by atoms with Gasteiger partial charge in [0.25, 0.3) is 0 Å². The topological polar surface area (TPSA) is 37.3 Å². The third-order valence-corrected chi connectivity index (χ3v) is 5.15. The summed E-state index contributed by atoms with van der Waals surface area (Å²) in [5.74, 6) is -1.30. The molecule has 0 amide bonds. The Morgan fingerprint density at radius 2 is 1.04 bits per heavy atom. The van der Waals surface area contributed by atoms with Gasteiger partial charge in [0.1, 0.15) is 5.92 Å². The number of rotatable bonds is 3. The Kier molecular flexibility index (Phi) is 3.19. The molecule has 2 nitrogen and oxygen atoms in total. The first kappa shape index (κ1) is 14.9. The van der Waals surface area contributed by atoms with Crippen molar-refractivity contribution in [1.29, 1.82) is 0 Å². The van der Waals surface area contributed by atoms with Crippen molar-refractivity contribution in [2.45, 2.75) is 0 Å². The van der Waals surface area contributed by atoms with Gasteiger partial charge >= 0.3 is 5.97 Å². The van der Waals surface area contributed by atoms with Gasteiger partial charge in [-0.15, -0.1) is 0 Å². The molecule has 0 atom stereocenters. The molecule has 0 unspecified atom stereocenters. The van der Waals surface area contributed by atoms with E-state index in [1.54, 1.807) is 0 Å². The maximum absolute atomic E-state index is 11.8. The first-order chi connectivity index (χ1) is 12.7. The van der Waals surface area contributed by atoms with Crippen molar-refractivity contribution in [3.05, 3.63) is 96.1 Å². The van der Waals surface area contributed by atoms with Crippen LogP contribution in [0.4, 0.5) is 0 Å². The number of aliphatic carboxylic acids is 1.